The van der Waals surface area contributed by atoms with Crippen molar-refractivity contribution in [2.24, 2.45) is 0 Å². The Kier molecular flexibility index (Phi) is 5.07. The lowest BCUT2D eigenvalue weighted by atomic mass is 9.94. The number of thiophene rings is 1. The molecule has 0 aliphatic rings. The number of furan rings is 1. The second kappa shape index (κ2) is 9.10. The van der Waals surface area contributed by atoms with Crippen LogP contribution in [-0.2, 0) is 0 Å². The standard InChI is InChI=1S/C38H22N2OS/c1-2-9-23(10-3-1)29-21-27(22-30-28-13-4-7-16-35(28)42-37(29)30)25-12-8-11-24(19-25)26-17-18-34-31(20-26)36-38(41-34)40-33-15-6-5-14-32(33)39-36/h1-22H. The minimum Gasteiger partial charge on any atom is -0.436 e. The van der Waals surface area contributed by atoms with E-state index in [9.17, 15) is 0 Å². The molecule has 0 aliphatic carbocycles. The van der Waals surface area contributed by atoms with Crippen LogP contribution in [0.5, 0.6) is 0 Å². The number of hydrogen-bond acceptors (Lipinski definition) is 4. The first-order valence-corrected chi connectivity index (χ1v) is 14.8. The van der Waals surface area contributed by atoms with Crippen molar-refractivity contribution in [2.45, 2.75) is 0 Å². The van der Waals surface area contributed by atoms with Crippen LogP contribution in [0.3, 0.4) is 0 Å². The molecule has 0 N–H and O–H groups in total. The molecule has 0 saturated carbocycles. The summed E-state index contributed by atoms with van der Waals surface area (Å²) in [6.45, 7) is 0. The summed E-state index contributed by atoms with van der Waals surface area (Å²) in [6.07, 6.45) is 0. The van der Waals surface area contributed by atoms with Gasteiger partial charge in [0.05, 0.1) is 11.0 Å². The number of benzene rings is 6. The Bertz CT molecular complexity index is 2470. The zero-order chi connectivity index (χ0) is 27.6. The van der Waals surface area contributed by atoms with Crippen LogP contribution in [0, 0.1) is 0 Å². The summed E-state index contributed by atoms with van der Waals surface area (Å²) in [5, 5.41) is 3.58. The third-order valence-corrected chi connectivity index (χ3v) is 9.29. The predicted octanol–water partition coefficient (Wildman–Crippen LogP) is 10.9. The monoisotopic (exact) mass is 554 g/mol. The summed E-state index contributed by atoms with van der Waals surface area (Å²) in [7, 11) is 0. The Morgan fingerprint density at radius 3 is 2.05 bits per heavy atom. The van der Waals surface area contributed by atoms with Crippen molar-refractivity contribution in [1.82, 2.24) is 9.97 Å². The average molecular weight is 555 g/mol. The van der Waals surface area contributed by atoms with Crippen LogP contribution in [0.25, 0.3) is 86.8 Å². The van der Waals surface area contributed by atoms with Crippen molar-refractivity contribution >= 4 is 64.7 Å². The third kappa shape index (κ3) is 3.66. The molecule has 4 heteroatoms. The Morgan fingerprint density at radius 1 is 0.476 bits per heavy atom. The third-order valence-electron chi connectivity index (χ3n) is 8.07. The molecular formula is C38H22N2OS. The second-order valence-corrected chi connectivity index (χ2v) is 11.7. The molecule has 3 heterocycles. The van der Waals surface area contributed by atoms with E-state index in [4.69, 9.17) is 14.4 Å². The number of aromatic nitrogens is 2. The molecule has 0 bridgehead atoms. The highest BCUT2D eigenvalue weighted by molar-refractivity contribution is 7.26. The van der Waals surface area contributed by atoms with E-state index in [1.165, 1.54) is 42.4 Å². The largest absolute Gasteiger partial charge is 0.436 e. The maximum Gasteiger partial charge on any atom is 0.246 e. The van der Waals surface area contributed by atoms with Crippen LogP contribution in [0.1, 0.15) is 0 Å². The summed E-state index contributed by atoms with van der Waals surface area (Å²) in [4.78, 5) is 9.62. The first-order valence-electron chi connectivity index (χ1n) is 14.0. The number of hydrogen-bond donors (Lipinski definition) is 0. The fraction of sp³-hybridized carbons (Fsp3) is 0. The molecule has 9 rings (SSSR count). The molecule has 6 aromatic carbocycles. The van der Waals surface area contributed by atoms with Crippen molar-refractivity contribution in [3.8, 4) is 33.4 Å². The SMILES string of the molecule is c1ccc(-c2cc(-c3cccc(-c4ccc5oc6nc7ccccc7nc6c5c4)c3)cc3c2sc2ccccc23)cc1. The van der Waals surface area contributed by atoms with Crippen LogP contribution in [0.4, 0.5) is 0 Å². The van der Waals surface area contributed by atoms with Crippen LogP contribution in [0.15, 0.2) is 138 Å². The molecule has 3 nitrogen and oxygen atoms in total. The van der Waals surface area contributed by atoms with Gasteiger partial charge in [-0.25, -0.2) is 9.97 Å². The molecule has 42 heavy (non-hydrogen) atoms. The number of para-hydroxylation sites is 2. The van der Waals surface area contributed by atoms with E-state index in [-0.39, 0.29) is 0 Å². The van der Waals surface area contributed by atoms with Crippen molar-refractivity contribution in [3.05, 3.63) is 133 Å². The summed E-state index contributed by atoms with van der Waals surface area (Å²) >= 11 is 1.87. The normalized spacial score (nSPS) is 11.8. The van der Waals surface area contributed by atoms with Crippen molar-refractivity contribution < 1.29 is 4.42 Å². The van der Waals surface area contributed by atoms with E-state index in [1.54, 1.807) is 0 Å². The molecule has 196 valence electrons. The van der Waals surface area contributed by atoms with Gasteiger partial charge in [0.1, 0.15) is 11.1 Å². The fourth-order valence-corrected chi connectivity index (χ4v) is 7.24. The highest BCUT2D eigenvalue weighted by atomic mass is 32.1. The lowest BCUT2D eigenvalue weighted by molar-refractivity contribution is 0.655. The molecule has 3 aromatic heterocycles. The first-order chi connectivity index (χ1) is 20.8. The molecule has 9 aromatic rings. The smallest absolute Gasteiger partial charge is 0.246 e. The molecular weight excluding hydrogens is 532 g/mol. The first kappa shape index (κ1) is 23.4. The lowest BCUT2D eigenvalue weighted by Gasteiger charge is -2.11. The average Bonchev–Trinajstić information content (AvgIpc) is 3.61. The minimum absolute atomic E-state index is 0.569. The highest BCUT2D eigenvalue weighted by Gasteiger charge is 2.15. The molecule has 0 saturated heterocycles. The number of rotatable bonds is 3. The van der Waals surface area contributed by atoms with Gasteiger partial charge < -0.3 is 4.42 Å². The molecule has 0 aliphatic heterocycles. The van der Waals surface area contributed by atoms with Gasteiger partial charge in [0.2, 0.25) is 5.71 Å². The Balaban J connectivity index is 1.22. The van der Waals surface area contributed by atoms with E-state index < -0.39 is 0 Å². The topological polar surface area (TPSA) is 38.9 Å². The predicted molar refractivity (Wildman–Crippen MR) is 176 cm³/mol. The Hall–Kier alpha value is -5.32. The maximum atomic E-state index is 6.10. The van der Waals surface area contributed by atoms with Gasteiger partial charge in [0, 0.05) is 31.1 Å². The van der Waals surface area contributed by atoms with Gasteiger partial charge >= 0.3 is 0 Å². The van der Waals surface area contributed by atoms with E-state index in [1.807, 2.05) is 41.7 Å². The van der Waals surface area contributed by atoms with Crippen molar-refractivity contribution in [3.63, 3.8) is 0 Å². The second-order valence-electron chi connectivity index (χ2n) is 10.6. The molecule has 0 spiro atoms. The fourth-order valence-electron chi connectivity index (χ4n) is 6.02. The molecule has 0 amide bonds. The van der Waals surface area contributed by atoms with Gasteiger partial charge in [0.15, 0.2) is 0 Å². The lowest BCUT2D eigenvalue weighted by Crippen LogP contribution is -1.85. The summed E-state index contributed by atoms with van der Waals surface area (Å²) < 4.78 is 8.73. The number of nitrogens with zero attached hydrogens (tertiary/aromatic N) is 2. The minimum atomic E-state index is 0.569. The van der Waals surface area contributed by atoms with Crippen molar-refractivity contribution in [1.29, 1.82) is 0 Å². The summed E-state index contributed by atoms with van der Waals surface area (Å²) in [5.41, 5.74) is 11.0. The molecule has 0 fully saturated rings. The molecule has 0 unspecified atom stereocenters. The van der Waals surface area contributed by atoms with E-state index in [0.29, 0.717) is 5.71 Å². The van der Waals surface area contributed by atoms with Crippen LogP contribution in [0.2, 0.25) is 0 Å². The van der Waals surface area contributed by atoms with E-state index in [2.05, 4.69) is 103 Å². The van der Waals surface area contributed by atoms with Gasteiger partial charge in [-0.2, -0.15) is 0 Å². The quantitative estimate of drug-likeness (QED) is 0.218. The number of fused-ring (bicyclic) bond motifs is 7. The van der Waals surface area contributed by atoms with Gasteiger partial charge in [-0.1, -0.05) is 84.9 Å². The zero-order valence-corrected chi connectivity index (χ0v) is 23.2. The molecule has 0 atom stereocenters. The van der Waals surface area contributed by atoms with Gasteiger partial charge in [-0.3, -0.25) is 0 Å². The van der Waals surface area contributed by atoms with E-state index in [0.717, 1.165) is 38.6 Å². The maximum absolute atomic E-state index is 6.10. The van der Waals surface area contributed by atoms with E-state index >= 15 is 0 Å². The van der Waals surface area contributed by atoms with Crippen LogP contribution < -0.4 is 0 Å². The summed E-state index contributed by atoms with van der Waals surface area (Å²) in [5.74, 6) is 0. The summed E-state index contributed by atoms with van der Waals surface area (Å²) in [6, 6.07) is 47.2. The Labute approximate surface area is 245 Å². The van der Waals surface area contributed by atoms with Crippen LogP contribution in [-0.4, -0.2) is 9.97 Å². The Morgan fingerprint density at radius 2 is 1.17 bits per heavy atom. The molecule has 0 radical (unpaired) electrons. The van der Waals surface area contributed by atoms with Crippen molar-refractivity contribution in [2.75, 3.05) is 0 Å². The zero-order valence-electron chi connectivity index (χ0n) is 22.4. The van der Waals surface area contributed by atoms with Crippen LogP contribution >= 0.6 is 11.3 Å². The van der Waals surface area contributed by atoms with Gasteiger partial charge in [-0.15, -0.1) is 11.3 Å². The highest BCUT2D eigenvalue weighted by Crippen LogP contribution is 2.43. The van der Waals surface area contributed by atoms with Gasteiger partial charge in [0.25, 0.3) is 0 Å². The van der Waals surface area contributed by atoms with Gasteiger partial charge in [-0.05, 0) is 76.3 Å².